The summed E-state index contributed by atoms with van der Waals surface area (Å²) in [5.41, 5.74) is 7.83. The van der Waals surface area contributed by atoms with E-state index in [1.807, 2.05) is 12.1 Å². The molecule has 2 nitrogen and oxygen atoms in total. The second-order valence-corrected chi connectivity index (χ2v) is 4.96. The Balaban J connectivity index is 3.14. The van der Waals surface area contributed by atoms with Crippen molar-refractivity contribution in [3.63, 3.8) is 0 Å². The van der Waals surface area contributed by atoms with Crippen LogP contribution < -0.4 is 10.6 Å². The predicted octanol–water partition coefficient (Wildman–Crippen LogP) is 3.32. The fourth-order valence-corrected chi connectivity index (χ4v) is 2.22. The minimum absolute atomic E-state index is 0.450. The van der Waals surface area contributed by atoms with Gasteiger partial charge in [0, 0.05) is 28.8 Å². The molecule has 0 aliphatic carbocycles. The van der Waals surface area contributed by atoms with Gasteiger partial charge in [-0.2, -0.15) is 0 Å². The first-order chi connectivity index (χ1) is 7.60. The molecule has 16 heavy (non-hydrogen) atoms. The van der Waals surface area contributed by atoms with Gasteiger partial charge in [0.2, 0.25) is 0 Å². The van der Waals surface area contributed by atoms with Gasteiger partial charge in [0.1, 0.15) is 4.99 Å². The number of halogens is 1. The molecule has 0 heterocycles. The highest BCUT2D eigenvalue weighted by atomic mass is 79.9. The SMILES string of the molecule is CCCN(CC)c1ccc(Br)cc1C(N)=S. The maximum Gasteiger partial charge on any atom is 0.106 e. The van der Waals surface area contributed by atoms with Crippen LogP contribution in [0.3, 0.4) is 0 Å². The lowest BCUT2D eigenvalue weighted by atomic mass is 10.1. The Bertz CT molecular complexity index is 379. The van der Waals surface area contributed by atoms with Gasteiger partial charge in [0.05, 0.1) is 0 Å². The molecule has 1 rings (SSSR count). The number of benzene rings is 1. The van der Waals surface area contributed by atoms with Crippen LogP contribution in [0.2, 0.25) is 0 Å². The Hall–Kier alpha value is -0.610. The Labute approximate surface area is 111 Å². The van der Waals surface area contributed by atoms with Gasteiger partial charge in [-0.1, -0.05) is 35.1 Å². The summed E-state index contributed by atoms with van der Waals surface area (Å²) in [7, 11) is 0. The minimum Gasteiger partial charge on any atom is -0.389 e. The number of thiocarbonyl (C=S) groups is 1. The standard InChI is InChI=1S/C12H17BrN2S/c1-3-7-15(4-2)11-6-5-9(13)8-10(11)12(14)16/h5-6,8H,3-4,7H2,1-2H3,(H2,14,16). The summed E-state index contributed by atoms with van der Waals surface area (Å²) >= 11 is 8.53. The zero-order valence-corrected chi connectivity index (χ0v) is 12.1. The van der Waals surface area contributed by atoms with Crippen LogP contribution in [0.5, 0.6) is 0 Å². The maximum absolute atomic E-state index is 5.76. The molecule has 0 unspecified atom stereocenters. The van der Waals surface area contributed by atoms with Crippen LogP contribution in [0.1, 0.15) is 25.8 Å². The molecule has 0 saturated heterocycles. The van der Waals surface area contributed by atoms with E-state index in [4.69, 9.17) is 18.0 Å². The number of nitrogens with two attached hydrogens (primary N) is 1. The second kappa shape index (κ2) is 6.21. The second-order valence-electron chi connectivity index (χ2n) is 3.61. The fourth-order valence-electron chi connectivity index (χ4n) is 1.70. The topological polar surface area (TPSA) is 29.3 Å². The highest BCUT2D eigenvalue weighted by molar-refractivity contribution is 9.10. The van der Waals surface area contributed by atoms with Crippen LogP contribution in [0.25, 0.3) is 0 Å². The van der Waals surface area contributed by atoms with E-state index in [0.29, 0.717) is 4.99 Å². The van der Waals surface area contributed by atoms with Crippen molar-refractivity contribution in [2.24, 2.45) is 5.73 Å². The number of hydrogen-bond donors (Lipinski definition) is 1. The highest BCUT2D eigenvalue weighted by Crippen LogP contribution is 2.24. The molecule has 4 heteroatoms. The first kappa shape index (κ1) is 13.5. The van der Waals surface area contributed by atoms with E-state index in [9.17, 15) is 0 Å². The van der Waals surface area contributed by atoms with E-state index in [0.717, 1.165) is 35.2 Å². The van der Waals surface area contributed by atoms with E-state index in [-0.39, 0.29) is 0 Å². The van der Waals surface area contributed by atoms with Crippen molar-refractivity contribution < 1.29 is 0 Å². The van der Waals surface area contributed by atoms with Crippen LogP contribution in [0.15, 0.2) is 22.7 Å². The lowest BCUT2D eigenvalue weighted by Gasteiger charge is -2.25. The molecule has 1 aromatic carbocycles. The molecule has 0 aromatic heterocycles. The molecule has 0 bridgehead atoms. The number of anilines is 1. The Morgan fingerprint density at radius 3 is 2.62 bits per heavy atom. The van der Waals surface area contributed by atoms with Gasteiger partial charge in [-0.3, -0.25) is 0 Å². The largest absolute Gasteiger partial charge is 0.389 e. The Morgan fingerprint density at radius 2 is 2.12 bits per heavy atom. The normalized spacial score (nSPS) is 10.2. The molecular weight excluding hydrogens is 284 g/mol. The molecule has 0 aliphatic heterocycles. The first-order valence-electron chi connectivity index (χ1n) is 5.44. The van der Waals surface area contributed by atoms with Crippen LogP contribution in [0, 0.1) is 0 Å². The first-order valence-corrected chi connectivity index (χ1v) is 6.64. The molecule has 88 valence electrons. The van der Waals surface area contributed by atoms with Gasteiger partial charge in [-0.15, -0.1) is 0 Å². The Morgan fingerprint density at radius 1 is 1.44 bits per heavy atom. The van der Waals surface area contributed by atoms with Crippen molar-refractivity contribution in [1.82, 2.24) is 0 Å². The third-order valence-electron chi connectivity index (χ3n) is 2.44. The van der Waals surface area contributed by atoms with Crippen molar-refractivity contribution in [1.29, 1.82) is 0 Å². The third kappa shape index (κ3) is 3.19. The molecular formula is C12H17BrN2S. The quantitative estimate of drug-likeness (QED) is 0.846. The molecule has 0 amide bonds. The van der Waals surface area contributed by atoms with Crippen molar-refractivity contribution in [2.75, 3.05) is 18.0 Å². The van der Waals surface area contributed by atoms with E-state index in [2.05, 4.69) is 40.7 Å². The summed E-state index contributed by atoms with van der Waals surface area (Å²) in [5.74, 6) is 0. The summed E-state index contributed by atoms with van der Waals surface area (Å²) in [6.45, 7) is 6.29. The fraction of sp³-hybridized carbons (Fsp3) is 0.417. The zero-order chi connectivity index (χ0) is 12.1. The van der Waals surface area contributed by atoms with Crippen LogP contribution in [-0.4, -0.2) is 18.1 Å². The van der Waals surface area contributed by atoms with E-state index in [1.165, 1.54) is 0 Å². The zero-order valence-electron chi connectivity index (χ0n) is 9.66. The van der Waals surface area contributed by atoms with Gasteiger partial charge in [-0.05, 0) is 31.5 Å². The summed E-state index contributed by atoms with van der Waals surface area (Å²) in [6, 6.07) is 6.07. The number of hydrogen-bond acceptors (Lipinski definition) is 2. The molecule has 0 fully saturated rings. The average Bonchev–Trinajstić information content (AvgIpc) is 2.26. The van der Waals surface area contributed by atoms with Crippen molar-refractivity contribution in [3.05, 3.63) is 28.2 Å². The molecule has 0 spiro atoms. The lowest BCUT2D eigenvalue weighted by molar-refractivity contribution is 0.791. The minimum atomic E-state index is 0.450. The van der Waals surface area contributed by atoms with Crippen LogP contribution in [-0.2, 0) is 0 Å². The van der Waals surface area contributed by atoms with Crippen molar-refractivity contribution >= 4 is 38.8 Å². The highest BCUT2D eigenvalue weighted by Gasteiger charge is 2.11. The van der Waals surface area contributed by atoms with Gasteiger partial charge in [0.25, 0.3) is 0 Å². The molecule has 0 radical (unpaired) electrons. The van der Waals surface area contributed by atoms with E-state index < -0.39 is 0 Å². The Kier molecular flexibility index (Phi) is 5.22. The summed E-state index contributed by atoms with van der Waals surface area (Å²) < 4.78 is 1.01. The van der Waals surface area contributed by atoms with Gasteiger partial charge in [-0.25, -0.2) is 0 Å². The van der Waals surface area contributed by atoms with Gasteiger partial charge in [0.15, 0.2) is 0 Å². The summed E-state index contributed by atoms with van der Waals surface area (Å²) in [5, 5.41) is 0. The van der Waals surface area contributed by atoms with Crippen molar-refractivity contribution in [3.8, 4) is 0 Å². The van der Waals surface area contributed by atoms with Gasteiger partial charge < -0.3 is 10.6 Å². The smallest absolute Gasteiger partial charge is 0.106 e. The molecule has 0 atom stereocenters. The number of rotatable bonds is 5. The third-order valence-corrected chi connectivity index (χ3v) is 3.15. The van der Waals surface area contributed by atoms with Crippen LogP contribution >= 0.6 is 28.1 Å². The monoisotopic (exact) mass is 300 g/mol. The van der Waals surface area contributed by atoms with E-state index >= 15 is 0 Å². The number of nitrogens with zero attached hydrogens (tertiary/aromatic N) is 1. The van der Waals surface area contributed by atoms with Crippen LogP contribution in [0.4, 0.5) is 5.69 Å². The molecule has 0 saturated carbocycles. The summed E-state index contributed by atoms with van der Waals surface area (Å²) in [6.07, 6.45) is 1.11. The molecule has 0 aliphatic rings. The lowest BCUT2D eigenvalue weighted by Crippen LogP contribution is -2.26. The molecule has 1 aromatic rings. The average molecular weight is 301 g/mol. The molecule has 2 N–H and O–H groups in total. The predicted molar refractivity (Wildman–Crippen MR) is 78.2 cm³/mol. The maximum atomic E-state index is 5.76. The van der Waals surface area contributed by atoms with E-state index in [1.54, 1.807) is 0 Å². The van der Waals surface area contributed by atoms with Gasteiger partial charge >= 0.3 is 0 Å². The summed E-state index contributed by atoms with van der Waals surface area (Å²) in [4.78, 5) is 2.74. The van der Waals surface area contributed by atoms with Crippen molar-refractivity contribution in [2.45, 2.75) is 20.3 Å².